The Morgan fingerprint density at radius 1 is 1.47 bits per heavy atom. The smallest absolute Gasteiger partial charge is 0.336 e. The molecule has 78 valence electrons. The van der Waals surface area contributed by atoms with Gasteiger partial charge in [0.2, 0.25) is 0 Å². The molecular formula is C11H8Br2O2. The van der Waals surface area contributed by atoms with E-state index in [4.69, 9.17) is 5.11 Å². The van der Waals surface area contributed by atoms with Crippen molar-refractivity contribution in [3.05, 3.63) is 33.8 Å². The second-order valence-corrected chi connectivity index (χ2v) is 4.39. The lowest BCUT2D eigenvalue weighted by Gasteiger charge is -1.98. The van der Waals surface area contributed by atoms with E-state index >= 15 is 0 Å². The first kappa shape index (κ1) is 12.3. The zero-order valence-electron chi connectivity index (χ0n) is 7.76. The summed E-state index contributed by atoms with van der Waals surface area (Å²) in [7, 11) is 0. The second kappa shape index (κ2) is 5.94. The van der Waals surface area contributed by atoms with Gasteiger partial charge in [0.1, 0.15) is 0 Å². The highest BCUT2D eigenvalue weighted by molar-refractivity contribution is 9.10. The van der Waals surface area contributed by atoms with Crippen molar-refractivity contribution in [2.24, 2.45) is 0 Å². The second-order valence-electron chi connectivity index (χ2n) is 2.74. The number of rotatable bonds is 2. The zero-order chi connectivity index (χ0) is 11.3. The molecule has 0 aliphatic rings. The van der Waals surface area contributed by atoms with Gasteiger partial charge in [-0.3, -0.25) is 0 Å². The molecule has 0 fully saturated rings. The maximum atomic E-state index is 10.8. The molecule has 0 aromatic heterocycles. The minimum Gasteiger partial charge on any atom is -0.478 e. The van der Waals surface area contributed by atoms with E-state index in [1.54, 1.807) is 18.2 Å². The van der Waals surface area contributed by atoms with Gasteiger partial charge in [-0.1, -0.05) is 27.8 Å². The highest BCUT2D eigenvalue weighted by Crippen LogP contribution is 2.17. The van der Waals surface area contributed by atoms with Crippen LogP contribution < -0.4 is 0 Å². The van der Waals surface area contributed by atoms with Crippen LogP contribution in [0.4, 0.5) is 0 Å². The van der Waals surface area contributed by atoms with Crippen LogP contribution in [0.15, 0.2) is 22.7 Å². The molecule has 0 saturated carbocycles. The van der Waals surface area contributed by atoms with Gasteiger partial charge < -0.3 is 5.11 Å². The Bertz CT molecular complexity index is 430. The number of aromatic carboxylic acids is 1. The van der Waals surface area contributed by atoms with Crippen LogP contribution in [0.3, 0.4) is 0 Å². The highest BCUT2D eigenvalue weighted by Gasteiger charge is 2.07. The topological polar surface area (TPSA) is 37.3 Å². The van der Waals surface area contributed by atoms with Crippen LogP contribution in [0.2, 0.25) is 0 Å². The largest absolute Gasteiger partial charge is 0.478 e. The Kier molecular flexibility index (Phi) is 4.86. The number of carboxylic acid groups (broad SMARTS) is 1. The lowest BCUT2D eigenvalue weighted by atomic mass is 10.1. The predicted octanol–water partition coefficient (Wildman–Crippen LogP) is 3.28. The van der Waals surface area contributed by atoms with Gasteiger partial charge >= 0.3 is 5.97 Å². The van der Waals surface area contributed by atoms with Crippen molar-refractivity contribution in [1.82, 2.24) is 0 Å². The molecule has 0 amide bonds. The molecule has 15 heavy (non-hydrogen) atoms. The molecule has 0 bridgehead atoms. The van der Waals surface area contributed by atoms with Crippen LogP contribution >= 0.6 is 31.9 Å². The Morgan fingerprint density at radius 3 is 2.80 bits per heavy atom. The summed E-state index contributed by atoms with van der Waals surface area (Å²) in [5.41, 5.74) is 0.956. The summed E-state index contributed by atoms with van der Waals surface area (Å²) in [6, 6.07) is 5.05. The van der Waals surface area contributed by atoms with Crippen molar-refractivity contribution >= 4 is 37.8 Å². The first-order valence-electron chi connectivity index (χ1n) is 4.23. The standard InChI is InChI=1S/C11H8Br2O2/c12-6-2-1-3-8-4-5-10(13)9(7-8)11(14)15/h4-5,7H,2,6H2,(H,14,15). The Hall–Kier alpha value is -0.790. The van der Waals surface area contributed by atoms with Gasteiger partial charge in [-0.15, -0.1) is 0 Å². The monoisotopic (exact) mass is 330 g/mol. The highest BCUT2D eigenvalue weighted by atomic mass is 79.9. The number of carbonyl (C=O) groups is 1. The number of halogens is 2. The van der Waals surface area contributed by atoms with Gasteiger partial charge in [0.05, 0.1) is 5.56 Å². The summed E-state index contributed by atoms with van der Waals surface area (Å²) >= 11 is 6.44. The lowest BCUT2D eigenvalue weighted by molar-refractivity contribution is 0.0696. The molecule has 2 nitrogen and oxygen atoms in total. The van der Waals surface area contributed by atoms with Gasteiger partial charge in [0.15, 0.2) is 0 Å². The fraction of sp³-hybridized carbons (Fsp3) is 0.182. The molecule has 1 rings (SSSR count). The molecule has 0 atom stereocenters. The average molecular weight is 332 g/mol. The maximum absolute atomic E-state index is 10.8. The molecule has 1 aromatic rings. The molecule has 1 aromatic carbocycles. The Labute approximate surface area is 105 Å². The fourth-order valence-electron chi connectivity index (χ4n) is 0.979. The molecule has 0 unspecified atom stereocenters. The van der Waals surface area contributed by atoms with E-state index in [-0.39, 0.29) is 5.56 Å². The molecule has 0 aliphatic heterocycles. The van der Waals surface area contributed by atoms with Crippen LogP contribution in [0.1, 0.15) is 22.3 Å². The van der Waals surface area contributed by atoms with Crippen molar-refractivity contribution in [2.45, 2.75) is 6.42 Å². The van der Waals surface area contributed by atoms with E-state index in [0.717, 1.165) is 17.3 Å². The summed E-state index contributed by atoms with van der Waals surface area (Å²) in [6.07, 6.45) is 0.748. The zero-order valence-corrected chi connectivity index (χ0v) is 10.9. The van der Waals surface area contributed by atoms with Crippen molar-refractivity contribution < 1.29 is 9.90 Å². The van der Waals surface area contributed by atoms with E-state index in [1.165, 1.54) is 0 Å². The first-order valence-corrected chi connectivity index (χ1v) is 6.14. The number of hydrogen-bond donors (Lipinski definition) is 1. The SMILES string of the molecule is O=C(O)c1cc(C#CCCBr)ccc1Br. The summed E-state index contributed by atoms with van der Waals surface area (Å²) in [5.74, 6) is 4.88. The molecule has 0 aliphatic carbocycles. The van der Waals surface area contributed by atoms with Gasteiger partial charge in [0.25, 0.3) is 0 Å². The van der Waals surface area contributed by atoms with Crippen molar-refractivity contribution in [3.63, 3.8) is 0 Å². The van der Waals surface area contributed by atoms with Crippen LogP contribution in [-0.2, 0) is 0 Å². The molecular weight excluding hydrogens is 324 g/mol. The van der Waals surface area contributed by atoms with Crippen molar-refractivity contribution in [1.29, 1.82) is 0 Å². The van der Waals surface area contributed by atoms with Crippen LogP contribution in [0, 0.1) is 11.8 Å². The van der Waals surface area contributed by atoms with Gasteiger partial charge in [-0.05, 0) is 34.1 Å². The summed E-state index contributed by atoms with van der Waals surface area (Å²) in [4.78, 5) is 10.8. The average Bonchev–Trinajstić information content (AvgIpc) is 2.20. The number of carboxylic acids is 1. The van der Waals surface area contributed by atoms with Gasteiger partial charge in [-0.2, -0.15) is 0 Å². The van der Waals surface area contributed by atoms with Crippen LogP contribution in [0.5, 0.6) is 0 Å². The van der Waals surface area contributed by atoms with E-state index < -0.39 is 5.97 Å². The number of benzene rings is 1. The quantitative estimate of drug-likeness (QED) is 0.667. The van der Waals surface area contributed by atoms with Gasteiger partial charge in [-0.25, -0.2) is 4.79 Å². The fourth-order valence-corrected chi connectivity index (χ4v) is 1.59. The molecule has 4 heteroatoms. The Balaban J connectivity index is 2.99. The maximum Gasteiger partial charge on any atom is 0.336 e. The molecule has 0 heterocycles. The predicted molar refractivity (Wildman–Crippen MR) is 66.4 cm³/mol. The minimum atomic E-state index is -0.953. The molecule has 0 radical (unpaired) electrons. The Morgan fingerprint density at radius 2 is 2.20 bits per heavy atom. The number of alkyl halides is 1. The third kappa shape index (κ3) is 3.69. The first-order chi connectivity index (χ1) is 7.15. The molecule has 1 N–H and O–H groups in total. The summed E-state index contributed by atoms with van der Waals surface area (Å²) < 4.78 is 0.570. The lowest BCUT2D eigenvalue weighted by Crippen LogP contribution is -1.97. The third-order valence-electron chi connectivity index (χ3n) is 1.65. The third-order valence-corrected chi connectivity index (χ3v) is 2.74. The van der Waals surface area contributed by atoms with Crippen molar-refractivity contribution in [3.8, 4) is 11.8 Å². The minimum absolute atomic E-state index is 0.237. The van der Waals surface area contributed by atoms with Crippen LogP contribution in [-0.4, -0.2) is 16.4 Å². The van der Waals surface area contributed by atoms with E-state index in [0.29, 0.717) is 4.47 Å². The van der Waals surface area contributed by atoms with E-state index in [9.17, 15) is 4.79 Å². The van der Waals surface area contributed by atoms with E-state index in [1.807, 2.05) is 0 Å². The van der Waals surface area contributed by atoms with Crippen LogP contribution in [0.25, 0.3) is 0 Å². The van der Waals surface area contributed by atoms with Crippen molar-refractivity contribution in [2.75, 3.05) is 5.33 Å². The number of hydrogen-bond acceptors (Lipinski definition) is 1. The summed E-state index contributed by atoms with van der Waals surface area (Å²) in [6.45, 7) is 0. The normalized spacial score (nSPS) is 9.20. The van der Waals surface area contributed by atoms with Gasteiger partial charge in [0, 0.05) is 21.8 Å². The van der Waals surface area contributed by atoms with E-state index in [2.05, 4.69) is 43.7 Å². The molecule has 0 spiro atoms. The molecule has 0 saturated heterocycles. The summed E-state index contributed by atoms with van der Waals surface area (Å²) in [5, 5.41) is 9.70.